The first-order chi connectivity index (χ1) is 25.2. The standard InChI is InChI=1S/C38H66N5O10P/c1-14-28(44)38(10)31(43(35(46)53-38)18-16-15-17-40-41-39)23(3)19-22(2)21-37(9,48-13)32(25(5)29-26(6)33(45)52-36(7,8)51-29)50-34-30(54-47)27(42(11)12)20-24(4)49-34/h22-25,27-28,30-32,34,44H,14-21H2,1-13H3/t22?,23-,24?,25-,27?,28+,30?,31+,32+,34-,37+,38+/m0/s1. The first kappa shape index (κ1) is 45.9. The Morgan fingerprint density at radius 1 is 1.17 bits per heavy atom. The van der Waals surface area contributed by atoms with Gasteiger partial charge in [-0.15, -0.1) is 0 Å². The molecule has 0 aliphatic carbocycles. The summed E-state index contributed by atoms with van der Waals surface area (Å²) in [5, 5.41) is 14.8. The molecule has 1 N–H and O–H groups in total. The number of hydrogen-bond acceptors (Lipinski definition) is 12. The summed E-state index contributed by atoms with van der Waals surface area (Å²) in [6.45, 7) is 19.5. The molecule has 0 saturated carbocycles. The number of ether oxygens (including phenoxy) is 6. The highest BCUT2D eigenvalue weighted by atomic mass is 31.1. The summed E-state index contributed by atoms with van der Waals surface area (Å²) in [7, 11) is 5.43. The van der Waals surface area contributed by atoms with E-state index in [0.717, 1.165) is 0 Å². The molecule has 15 nitrogen and oxygen atoms in total. The zero-order valence-corrected chi connectivity index (χ0v) is 35.6. The molecular formula is C38H66N5O10P. The molecule has 54 heavy (non-hydrogen) atoms. The molecule has 0 aromatic carbocycles. The number of rotatable bonds is 20. The van der Waals surface area contributed by atoms with Gasteiger partial charge >= 0.3 is 12.1 Å². The minimum Gasteiger partial charge on any atom is -0.456 e. The second-order valence-electron chi connectivity index (χ2n) is 16.7. The molecule has 16 heteroatoms. The SMILES string of the molecule is CC[C@@H](O)[C@@]1(C)OC(=O)N(CCCCN=[N+]=[N-])[C@@H]1[C@@H](C)CC(C)C[C@@](C)(OC)[C@H](O[C@@H]1OC(C)CC(N(C)C)C1P=O)[C@@H](C)C1=C(C)C(=O)OC(C)(C)O1. The lowest BCUT2D eigenvalue weighted by atomic mass is 9.75. The minimum absolute atomic E-state index is 0.00769. The molecule has 4 unspecified atom stereocenters. The van der Waals surface area contributed by atoms with E-state index >= 15 is 0 Å². The van der Waals surface area contributed by atoms with Crippen molar-refractivity contribution in [1.82, 2.24) is 9.80 Å². The Bertz CT molecular complexity index is 1390. The van der Waals surface area contributed by atoms with Crippen LogP contribution in [0.3, 0.4) is 0 Å². The number of azide groups is 1. The summed E-state index contributed by atoms with van der Waals surface area (Å²) >= 11 is 0. The number of unbranched alkanes of at least 4 members (excludes halogenated alkanes) is 1. The number of cyclic esters (lactones) is 2. The summed E-state index contributed by atoms with van der Waals surface area (Å²) in [4.78, 5) is 33.0. The van der Waals surface area contributed by atoms with Crippen molar-refractivity contribution >= 4 is 20.5 Å². The summed E-state index contributed by atoms with van der Waals surface area (Å²) < 4.78 is 50.3. The van der Waals surface area contributed by atoms with Crippen LogP contribution in [-0.2, 0) is 37.8 Å². The zero-order valence-electron chi connectivity index (χ0n) is 34.7. The maximum Gasteiger partial charge on any atom is 0.410 e. The van der Waals surface area contributed by atoms with Gasteiger partial charge in [0.05, 0.1) is 35.5 Å². The van der Waals surface area contributed by atoms with Crippen LogP contribution in [-0.4, -0.2) is 121 Å². The molecule has 12 atom stereocenters. The third-order valence-corrected chi connectivity index (χ3v) is 12.4. The predicted octanol–water partition coefficient (Wildman–Crippen LogP) is 7.22. The lowest BCUT2D eigenvalue weighted by Crippen LogP contribution is -2.57. The van der Waals surface area contributed by atoms with Gasteiger partial charge < -0.3 is 43.3 Å². The molecule has 2 saturated heterocycles. The highest BCUT2D eigenvalue weighted by Gasteiger charge is 2.57. The Hall–Kier alpha value is -2.51. The number of nitrogens with zero attached hydrogens (tertiary/aromatic N) is 5. The first-order valence-electron chi connectivity index (χ1n) is 19.4. The number of amides is 1. The highest BCUT2D eigenvalue weighted by molar-refractivity contribution is 7.25. The van der Waals surface area contributed by atoms with Gasteiger partial charge in [-0.05, 0) is 97.7 Å². The van der Waals surface area contributed by atoms with E-state index in [9.17, 15) is 19.3 Å². The van der Waals surface area contributed by atoms with Gasteiger partial charge in [0.15, 0.2) is 20.4 Å². The smallest absolute Gasteiger partial charge is 0.410 e. The Labute approximate surface area is 323 Å². The van der Waals surface area contributed by atoms with Crippen LogP contribution in [0.4, 0.5) is 4.79 Å². The summed E-state index contributed by atoms with van der Waals surface area (Å²) in [6, 6.07) is -0.496. The zero-order chi connectivity index (χ0) is 40.8. The molecule has 2 fully saturated rings. The van der Waals surface area contributed by atoms with Crippen LogP contribution in [0.5, 0.6) is 0 Å². The second-order valence-corrected chi connectivity index (χ2v) is 17.5. The van der Waals surface area contributed by atoms with E-state index < -0.39 is 65.2 Å². The molecule has 3 aliphatic heterocycles. The van der Waals surface area contributed by atoms with Crippen LogP contribution < -0.4 is 0 Å². The molecular weight excluding hydrogens is 717 g/mol. The quantitative estimate of drug-likeness (QED) is 0.0329. The Kier molecular flexibility index (Phi) is 16.2. The van der Waals surface area contributed by atoms with E-state index in [1.54, 1.807) is 39.7 Å². The number of aliphatic hydroxyl groups is 1. The van der Waals surface area contributed by atoms with Crippen molar-refractivity contribution in [2.24, 2.45) is 22.9 Å². The fraction of sp³-hybridized carbons (Fsp3) is 0.895. The van der Waals surface area contributed by atoms with E-state index in [1.807, 2.05) is 46.7 Å². The van der Waals surface area contributed by atoms with Gasteiger partial charge in [-0.1, -0.05) is 32.8 Å². The molecule has 0 aromatic heterocycles. The summed E-state index contributed by atoms with van der Waals surface area (Å²) in [5.41, 5.74) is 6.39. The molecule has 308 valence electrons. The highest BCUT2D eigenvalue weighted by Crippen LogP contribution is 2.44. The van der Waals surface area contributed by atoms with Crippen LogP contribution in [0, 0.1) is 17.8 Å². The normalized spacial score (nSPS) is 31.2. The Morgan fingerprint density at radius 3 is 2.41 bits per heavy atom. The molecule has 0 aromatic rings. The van der Waals surface area contributed by atoms with Gasteiger partial charge in [-0.25, -0.2) is 9.59 Å². The number of methoxy groups -OCH3 is 1. The predicted molar refractivity (Wildman–Crippen MR) is 204 cm³/mol. The van der Waals surface area contributed by atoms with Crippen LogP contribution in [0.25, 0.3) is 10.4 Å². The van der Waals surface area contributed by atoms with Crippen LogP contribution >= 0.6 is 8.46 Å². The van der Waals surface area contributed by atoms with Gasteiger partial charge in [-0.2, -0.15) is 0 Å². The van der Waals surface area contributed by atoms with Gasteiger partial charge in [0.25, 0.3) is 0 Å². The van der Waals surface area contributed by atoms with Crippen molar-refractivity contribution in [2.75, 3.05) is 34.3 Å². The average molecular weight is 784 g/mol. The van der Waals surface area contributed by atoms with Crippen LogP contribution in [0.1, 0.15) is 108 Å². The van der Waals surface area contributed by atoms with Gasteiger partial charge in [-0.3, -0.25) is 4.57 Å². The largest absolute Gasteiger partial charge is 0.456 e. The lowest BCUT2D eigenvalue weighted by molar-refractivity contribution is -0.266. The van der Waals surface area contributed by atoms with Crippen molar-refractivity contribution in [3.63, 3.8) is 0 Å². The number of carbonyl (C=O) groups excluding carboxylic acids is 2. The first-order valence-corrected chi connectivity index (χ1v) is 20.2. The van der Waals surface area contributed by atoms with E-state index in [0.29, 0.717) is 62.9 Å². The van der Waals surface area contributed by atoms with Crippen molar-refractivity contribution in [3.05, 3.63) is 21.8 Å². The van der Waals surface area contributed by atoms with E-state index in [2.05, 4.69) is 23.9 Å². The van der Waals surface area contributed by atoms with Crippen molar-refractivity contribution in [3.8, 4) is 0 Å². The minimum atomic E-state index is -1.20. The van der Waals surface area contributed by atoms with E-state index in [1.165, 1.54) is 0 Å². The van der Waals surface area contributed by atoms with Gasteiger partial charge in [0, 0.05) is 50.9 Å². The number of esters is 1. The molecule has 0 bridgehead atoms. The van der Waals surface area contributed by atoms with Gasteiger partial charge in [0.2, 0.25) is 5.79 Å². The number of carbonyl (C=O) groups is 2. The molecule has 3 heterocycles. The van der Waals surface area contributed by atoms with Crippen LogP contribution in [0.2, 0.25) is 0 Å². The Morgan fingerprint density at radius 2 is 1.83 bits per heavy atom. The topological polar surface area (TPSA) is 182 Å². The fourth-order valence-corrected chi connectivity index (χ4v) is 9.68. The number of hydrogen-bond donors (Lipinski definition) is 1. The lowest BCUT2D eigenvalue weighted by Gasteiger charge is -2.48. The summed E-state index contributed by atoms with van der Waals surface area (Å²) in [5.74, 6) is -1.90. The third-order valence-electron chi connectivity index (χ3n) is 11.5. The van der Waals surface area contributed by atoms with Crippen LogP contribution in [0.15, 0.2) is 16.4 Å². The van der Waals surface area contributed by atoms with Crippen molar-refractivity contribution in [2.45, 2.75) is 167 Å². The molecule has 0 spiro atoms. The molecule has 3 rings (SSSR count). The maximum atomic E-state index is 13.3. The Balaban J connectivity index is 1.99. The van der Waals surface area contributed by atoms with Crippen molar-refractivity contribution < 1.29 is 47.7 Å². The summed E-state index contributed by atoms with van der Waals surface area (Å²) in [6.07, 6.45) is 0.341. The second kappa shape index (κ2) is 19.1. The maximum absolute atomic E-state index is 13.3. The monoisotopic (exact) mass is 783 g/mol. The molecule has 0 radical (unpaired) electrons. The molecule has 3 aliphatic rings. The van der Waals surface area contributed by atoms with E-state index in [-0.39, 0.29) is 32.4 Å². The third kappa shape index (κ3) is 10.5. The van der Waals surface area contributed by atoms with Gasteiger partial charge in [0.1, 0.15) is 11.4 Å². The number of aliphatic hydroxyl groups excluding tert-OH is 1. The fourth-order valence-electron chi connectivity index (χ4n) is 8.91. The average Bonchev–Trinajstić information content (AvgIpc) is 3.36. The van der Waals surface area contributed by atoms with Crippen molar-refractivity contribution in [1.29, 1.82) is 0 Å². The molecule has 1 amide bonds. The van der Waals surface area contributed by atoms with E-state index in [4.69, 9.17) is 34.0 Å².